The second-order valence-corrected chi connectivity index (χ2v) is 22.4. The number of hydrogen-bond acceptors (Lipinski definition) is 2. The molecule has 0 saturated carbocycles. The van der Waals surface area contributed by atoms with E-state index in [1.807, 2.05) is 11.3 Å². The molecule has 0 spiro atoms. The quantitative estimate of drug-likeness (QED) is 0.104. The Morgan fingerprint density at radius 1 is 0.368 bits per heavy atom. The van der Waals surface area contributed by atoms with Gasteiger partial charge in [-0.3, -0.25) is 0 Å². The molecule has 11 aromatic carbocycles. The predicted octanol–water partition coefficient (Wildman–Crippen LogP) is 14.8. The van der Waals surface area contributed by atoms with Crippen molar-refractivity contribution in [3.8, 4) is 16.8 Å². The second-order valence-electron chi connectivity index (χ2n) is 17.6. The Kier molecular flexibility index (Phi) is 9.74. The Morgan fingerprint density at radius 2 is 0.912 bits per heavy atom. The van der Waals surface area contributed by atoms with E-state index in [2.05, 4.69) is 276 Å². The average molecular weight is 901 g/mol. The van der Waals surface area contributed by atoms with Gasteiger partial charge in [0.25, 0.3) is 0 Å². The molecule has 0 fully saturated rings. The Balaban J connectivity index is 1.08. The third-order valence-electron chi connectivity index (χ3n) is 13.9. The molecule has 0 radical (unpaired) electrons. The van der Waals surface area contributed by atoms with Gasteiger partial charge in [0.05, 0.1) is 27.1 Å². The van der Waals surface area contributed by atoms with Gasteiger partial charge in [0.2, 0.25) is 0 Å². The molecule has 0 saturated heterocycles. The third-order valence-corrected chi connectivity index (χ3v) is 19.9. The van der Waals surface area contributed by atoms with Gasteiger partial charge in [-0.05, 0) is 97.2 Å². The van der Waals surface area contributed by atoms with Crippen LogP contribution in [0.3, 0.4) is 0 Å². The summed E-state index contributed by atoms with van der Waals surface area (Å²) in [5, 5.41) is 12.9. The van der Waals surface area contributed by atoms with Crippen LogP contribution in [0, 0.1) is 0 Å². The first-order valence-electron chi connectivity index (χ1n) is 23.3. The minimum atomic E-state index is -2.87. The smallest absolute Gasteiger partial charge is 0.179 e. The monoisotopic (exact) mass is 900 g/mol. The van der Waals surface area contributed by atoms with E-state index in [0.29, 0.717) is 0 Å². The average Bonchev–Trinajstić information content (AvgIpc) is 3.97. The summed E-state index contributed by atoms with van der Waals surface area (Å²) in [5.41, 5.74) is 9.30. The fraction of sp³-hybridized carbons (Fsp3) is 0. The van der Waals surface area contributed by atoms with Crippen molar-refractivity contribution < 1.29 is 0 Å². The highest BCUT2D eigenvalue weighted by atomic mass is 32.1. The zero-order valence-corrected chi connectivity index (χ0v) is 39.0. The van der Waals surface area contributed by atoms with Gasteiger partial charge in [-0.15, -0.1) is 11.3 Å². The SMILES string of the molecule is c1ccc([Si](c2ccccc2)(c2ccccc2)c2cccc(N(c3ccc(-c4cccc5ccccc45)cc3)c3cccc4c3c3ccccc3n4-c3cccc4c3sc3ccccc34)c2)cc1. The molecule has 2 aromatic heterocycles. The molecule has 0 N–H and O–H groups in total. The third kappa shape index (κ3) is 6.37. The molecular weight excluding hydrogens is 857 g/mol. The number of para-hydroxylation sites is 1. The summed E-state index contributed by atoms with van der Waals surface area (Å²) in [6.45, 7) is 0. The summed E-state index contributed by atoms with van der Waals surface area (Å²) in [6.07, 6.45) is 0. The van der Waals surface area contributed by atoms with E-state index in [0.717, 1.165) is 17.1 Å². The Hall–Kier alpha value is -8.28. The number of hydrogen-bond donors (Lipinski definition) is 0. The zero-order chi connectivity index (χ0) is 45.0. The number of aromatic nitrogens is 1. The fourth-order valence-electron chi connectivity index (χ4n) is 11.0. The maximum absolute atomic E-state index is 2.87. The van der Waals surface area contributed by atoms with Crippen LogP contribution in [0.25, 0.3) is 69.6 Å². The summed E-state index contributed by atoms with van der Waals surface area (Å²) in [7, 11) is -2.87. The number of fused-ring (bicyclic) bond motifs is 7. The van der Waals surface area contributed by atoms with Gasteiger partial charge in [0.15, 0.2) is 8.07 Å². The van der Waals surface area contributed by atoms with Crippen molar-refractivity contribution >= 4 is 110 Å². The van der Waals surface area contributed by atoms with Gasteiger partial charge in [-0.2, -0.15) is 0 Å². The minimum absolute atomic E-state index is 1.09. The first kappa shape index (κ1) is 40.0. The van der Waals surface area contributed by atoms with Crippen LogP contribution in [0.5, 0.6) is 0 Å². The molecule has 4 heteroatoms. The maximum atomic E-state index is 2.51. The Morgan fingerprint density at radius 3 is 1.65 bits per heavy atom. The summed E-state index contributed by atoms with van der Waals surface area (Å²) in [6, 6.07) is 99.1. The van der Waals surface area contributed by atoms with Crippen molar-refractivity contribution in [3.63, 3.8) is 0 Å². The molecule has 68 heavy (non-hydrogen) atoms. The van der Waals surface area contributed by atoms with Crippen LogP contribution in [0.1, 0.15) is 0 Å². The van der Waals surface area contributed by atoms with Crippen LogP contribution in [0.15, 0.2) is 267 Å². The molecule has 13 aromatic rings. The van der Waals surface area contributed by atoms with Crippen LogP contribution in [-0.2, 0) is 0 Å². The van der Waals surface area contributed by atoms with Crippen molar-refractivity contribution in [2.75, 3.05) is 4.90 Å². The van der Waals surface area contributed by atoms with Crippen LogP contribution >= 0.6 is 11.3 Å². The Bertz CT molecular complexity index is 3870. The van der Waals surface area contributed by atoms with Crippen molar-refractivity contribution in [3.05, 3.63) is 267 Å². The number of thiophene rings is 1. The van der Waals surface area contributed by atoms with Crippen molar-refractivity contribution in [2.24, 2.45) is 0 Å². The van der Waals surface area contributed by atoms with Gasteiger partial charge in [0, 0.05) is 37.6 Å². The molecule has 2 nitrogen and oxygen atoms in total. The lowest BCUT2D eigenvalue weighted by molar-refractivity contribution is 1.20. The van der Waals surface area contributed by atoms with E-state index in [4.69, 9.17) is 0 Å². The zero-order valence-electron chi connectivity index (χ0n) is 37.2. The maximum Gasteiger partial charge on any atom is 0.179 e. The number of benzene rings is 11. The highest BCUT2D eigenvalue weighted by molar-refractivity contribution is 7.26. The minimum Gasteiger partial charge on any atom is -0.310 e. The first-order chi connectivity index (χ1) is 33.8. The van der Waals surface area contributed by atoms with Gasteiger partial charge in [-0.1, -0.05) is 212 Å². The molecule has 2 heterocycles. The highest BCUT2D eigenvalue weighted by Gasteiger charge is 2.41. The molecule has 0 aliphatic rings. The van der Waals surface area contributed by atoms with E-state index in [9.17, 15) is 0 Å². The lowest BCUT2D eigenvalue weighted by atomic mass is 9.98. The highest BCUT2D eigenvalue weighted by Crippen LogP contribution is 2.46. The number of anilines is 3. The molecule has 0 unspecified atom stereocenters. The van der Waals surface area contributed by atoms with E-state index in [1.165, 1.54) is 90.3 Å². The van der Waals surface area contributed by atoms with E-state index in [1.54, 1.807) is 0 Å². The predicted molar refractivity (Wildman–Crippen MR) is 295 cm³/mol. The number of nitrogens with zero attached hydrogens (tertiary/aromatic N) is 2. The normalized spacial score (nSPS) is 11.8. The molecule has 320 valence electrons. The van der Waals surface area contributed by atoms with E-state index >= 15 is 0 Å². The topological polar surface area (TPSA) is 8.17 Å². The Labute approximate surface area is 400 Å². The first-order valence-corrected chi connectivity index (χ1v) is 26.2. The second kappa shape index (κ2) is 16.5. The van der Waals surface area contributed by atoms with Crippen molar-refractivity contribution in [2.45, 2.75) is 0 Å². The molecular formula is C64H44N2SSi. The summed E-state index contributed by atoms with van der Waals surface area (Å²) >= 11 is 1.88. The summed E-state index contributed by atoms with van der Waals surface area (Å²) in [4.78, 5) is 2.51. The van der Waals surface area contributed by atoms with Crippen LogP contribution in [-0.4, -0.2) is 12.6 Å². The molecule has 13 rings (SSSR count). The lowest BCUT2D eigenvalue weighted by Crippen LogP contribution is -2.74. The van der Waals surface area contributed by atoms with Crippen LogP contribution in [0.4, 0.5) is 17.1 Å². The molecule has 0 aliphatic heterocycles. The van der Waals surface area contributed by atoms with Gasteiger partial charge in [-0.25, -0.2) is 0 Å². The van der Waals surface area contributed by atoms with Crippen molar-refractivity contribution in [1.29, 1.82) is 0 Å². The summed E-state index contributed by atoms with van der Waals surface area (Å²) in [5.74, 6) is 0. The molecule has 0 aliphatic carbocycles. The molecule has 0 amide bonds. The van der Waals surface area contributed by atoms with E-state index < -0.39 is 8.07 Å². The van der Waals surface area contributed by atoms with Crippen molar-refractivity contribution in [1.82, 2.24) is 4.57 Å². The standard InChI is InChI=1S/C64H44N2SSi/c1-4-23-49(24-5-1)68(50-25-6-2-7-26-50,51-27-8-3-9-28-51)52-29-17-22-48(44-52)65(47-42-40-46(41-43-47)54-33-16-21-45-20-10-11-30-53(45)54)59-36-19-37-60-63(59)57-32-12-14-35-58(57)66(60)61-38-18-34-56-55-31-13-15-39-62(55)67-64(56)61/h1-44H. The van der Waals surface area contributed by atoms with Gasteiger partial charge >= 0.3 is 0 Å². The fourth-order valence-corrected chi connectivity index (χ4v) is 17.0. The van der Waals surface area contributed by atoms with E-state index in [-0.39, 0.29) is 0 Å². The largest absolute Gasteiger partial charge is 0.310 e. The summed E-state index contributed by atoms with van der Waals surface area (Å²) < 4.78 is 5.09. The van der Waals surface area contributed by atoms with Crippen LogP contribution < -0.4 is 25.6 Å². The molecule has 0 atom stereocenters. The lowest BCUT2D eigenvalue weighted by Gasteiger charge is -2.35. The number of rotatable bonds is 9. The van der Waals surface area contributed by atoms with Gasteiger partial charge < -0.3 is 9.47 Å². The molecule has 0 bridgehead atoms. The van der Waals surface area contributed by atoms with Crippen LogP contribution in [0.2, 0.25) is 0 Å². The van der Waals surface area contributed by atoms with Gasteiger partial charge in [0.1, 0.15) is 0 Å².